The van der Waals surface area contributed by atoms with Crippen molar-refractivity contribution in [3.8, 4) is 11.5 Å². The lowest BCUT2D eigenvalue weighted by Gasteiger charge is -2.18. The number of rotatable bonds is 6. The van der Waals surface area contributed by atoms with Crippen LogP contribution in [0.5, 0.6) is 11.5 Å². The minimum absolute atomic E-state index is 0.0339. The number of carbonyl (C=O) groups is 1. The molecule has 2 aromatic carbocycles. The molecule has 0 bridgehead atoms. The molecule has 138 valence electrons. The van der Waals surface area contributed by atoms with Gasteiger partial charge in [0.25, 0.3) is 0 Å². The van der Waals surface area contributed by atoms with Crippen molar-refractivity contribution in [1.82, 2.24) is 5.32 Å². The second-order valence-electron chi connectivity index (χ2n) is 6.61. The van der Waals surface area contributed by atoms with E-state index in [2.05, 4.69) is 42.6 Å². The van der Waals surface area contributed by atoms with Gasteiger partial charge in [0, 0.05) is 11.3 Å². The predicted molar refractivity (Wildman–Crippen MR) is 106 cm³/mol. The molecule has 1 aromatic heterocycles. The van der Waals surface area contributed by atoms with Gasteiger partial charge >= 0.3 is 0 Å². The summed E-state index contributed by atoms with van der Waals surface area (Å²) in [7, 11) is 0. The average Bonchev–Trinajstić information content (AvgIpc) is 3.36. The number of benzene rings is 2. The number of hydrogen-bond acceptors (Lipinski definition) is 4. The third-order valence-electron chi connectivity index (χ3n) is 4.62. The van der Waals surface area contributed by atoms with Gasteiger partial charge in [0.05, 0.1) is 6.04 Å². The molecule has 1 N–H and O–H groups in total. The number of thiophene rings is 1. The lowest BCUT2D eigenvalue weighted by molar-refractivity contribution is -0.121. The predicted octanol–water partition coefficient (Wildman–Crippen LogP) is 4.62. The fourth-order valence-electron chi connectivity index (χ4n) is 3.12. The monoisotopic (exact) mass is 379 g/mol. The molecule has 0 saturated carbocycles. The second-order valence-corrected chi connectivity index (χ2v) is 7.59. The molecule has 4 rings (SSSR count). The van der Waals surface area contributed by atoms with Gasteiger partial charge in [-0.3, -0.25) is 4.79 Å². The second kappa shape index (κ2) is 7.84. The Morgan fingerprint density at radius 1 is 1.11 bits per heavy atom. The van der Waals surface area contributed by atoms with Crippen LogP contribution in [0.2, 0.25) is 0 Å². The number of ether oxygens (including phenoxy) is 2. The Morgan fingerprint density at radius 2 is 1.93 bits per heavy atom. The molecule has 1 atom stereocenters. The van der Waals surface area contributed by atoms with E-state index in [1.807, 2.05) is 29.6 Å². The van der Waals surface area contributed by atoms with Gasteiger partial charge < -0.3 is 14.8 Å². The smallest absolute Gasteiger partial charge is 0.231 e. The van der Waals surface area contributed by atoms with Crippen molar-refractivity contribution >= 4 is 17.2 Å². The van der Waals surface area contributed by atoms with Gasteiger partial charge in [0.15, 0.2) is 11.5 Å². The minimum atomic E-state index is -0.116. The lowest BCUT2D eigenvalue weighted by Crippen LogP contribution is -2.29. The van der Waals surface area contributed by atoms with Crippen LogP contribution in [0, 0.1) is 6.92 Å². The maximum absolute atomic E-state index is 12.6. The van der Waals surface area contributed by atoms with Crippen molar-refractivity contribution in [2.75, 3.05) is 6.79 Å². The van der Waals surface area contributed by atoms with Crippen molar-refractivity contribution in [3.63, 3.8) is 0 Å². The van der Waals surface area contributed by atoms with Gasteiger partial charge in [-0.2, -0.15) is 0 Å². The first-order valence-corrected chi connectivity index (χ1v) is 9.85. The molecule has 4 nitrogen and oxygen atoms in total. The molecular formula is C22H21NO3S. The van der Waals surface area contributed by atoms with Crippen molar-refractivity contribution in [3.05, 3.63) is 81.5 Å². The molecule has 1 amide bonds. The highest BCUT2D eigenvalue weighted by molar-refractivity contribution is 7.10. The zero-order chi connectivity index (χ0) is 18.6. The summed E-state index contributed by atoms with van der Waals surface area (Å²) in [6, 6.07) is 18.1. The summed E-state index contributed by atoms with van der Waals surface area (Å²) >= 11 is 1.65. The standard InChI is InChI=1S/C22H21NO3S/c1-15-4-8-17(9-5-15)22(20-3-2-12-27-20)23-21(24)11-7-16-6-10-18-19(13-16)26-14-25-18/h2-6,8-10,12-13,22H,7,11,14H2,1H3,(H,23,24). The fourth-order valence-corrected chi connectivity index (χ4v) is 3.92. The van der Waals surface area contributed by atoms with E-state index in [0.29, 0.717) is 12.8 Å². The first-order chi connectivity index (χ1) is 13.2. The van der Waals surface area contributed by atoms with E-state index < -0.39 is 0 Å². The maximum atomic E-state index is 12.6. The zero-order valence-electron chi connectivity index (χ0n) is 15.1. The molecule has 0 fully saturated rings. The molecular weight excluding hydrogens is 358 g/mol. The molecule has 0 aliphatic carbocycles. The quantitative estimate of drug-likeness (QED) is 0.680. The van der Waals surface area contributed by atoms with Gasteiger partial charge in [-0.25, -0.2) is 0 Å². The summed E-state index contributed by atoms with van der Waals surface area (Å²) in [6.07, 6.45) is 1.08. The molecule has 5 heteroatoms. The fraction of sp³-hybridized carbons (Fsp3) is 0.227. The van der Waals surface area contributed by atoms with Crippen molar-refractivity contribution in [2.45, 2.75) is 25.8 Å². The van der Waals surface area contributed by atoms with Gasteiger partial charge in [-0.1, -0.05) is 42.0 Å². The number of carbonyl (C=O) groups excluding carboxylic acids is 1. The molecule has 1 unspecified atom stereocenters. The van der Waals surface area contributed by atoms with Crippen molar-refractivity contribution in [2.24, 2.45) is 0 Å². The first-order valence-electron chi connectivity index (χ1n) is 8.97. The van der Waals surface area contributed by atoms with E-state index >= 15 is 0 Å². The third-order valence-corrected chi connectivity index (χ3v) is 5.56. The highest BCUT2D eigenvalue weighted by atomic mass is 32.1. The zero-order valence-corrected chi connectivity index (χ0v) is 15.9. The van der Waals surface area contributed by atoms with Gasteiger partial charge in [-0.05, 0) is 48.1 Å². The molecule has 27 heavy (non-hydrogen) atoms. The van der Waals surface area contributed by atoms with Crippen molar-refractivity contribution < 1.29 is 14.3 Å². The molecule has 0 spiro atoms. The molecule has 1 aliphatic rings. The normalized spacial score (nSPS) is 13.4. The van der Waals surface area contributed by atoms with E-state index in [1.54, 1.807) is 11.3 Å². The Morgan fingerprint density at radius 3 is 2.70 bits per heavy atom. The molecule has 2 heterocycles. The number of nitrogens with one attached hydrogen (secondary N) is 1. The lowest BCUT2D eigenvalue weighted by atomic mass is 10.0. The molecule has 0 radical (unpaired) electrons. The van der Waals surface area contributed by atoms with Crippen LogP contribution in [0.25, 0.3) is 0 Å². The highest BCUT2D eigenvalue weighted by Gasteiger charge is 2.18. The van der Waals surface area contributed by atoms with E-state index in [4.69, 9.17) is 9.47 Å². The molecule has 3 aromatic rings. The molecule has 0 saturated heterocycles. The van der Waals surface area contributed by atoms with E-state index in [-0.39, 0.29) is 18.7 Å². The number of amides is 1. The van der Waals surface area contributed by atoms with Crippen LogP contribution in [-0.4, -0.2) is 12.7 Å². The Balaban J connectivity index is 1.43. The summed E-state index contributed by atoms with van der Waals surface area (Å²) < 4.78 is 10.7. The molecule has 1 aliphatic heterocycles. The topological polar surface area (TPSA) is 47.6 Å². The average molecular weight is 379 g/mol. The van der Waals surface area contributed by atoms with Crippen LogP contribution in [0.3, 0.4) is 0 Å². The highest BCUT2D eigenvalue weighted by Crippen LogP contribution is 2.33. The van der Waals surface area contributed by atoms with Gasteiger partial charge in [0.2, 0.25) is 12.7 Å². The maximum Gasteiger partial charge on any atom is 0.231 e. The van der Waals surface area contributed by atoms with E-state index in [0.717, 1.165) is 27.5 Å². The number of hydrogen-bond donors (Lipinski definition) is 1. The number of fused-ring (bicyclic) bond motifs is 1. The van der Waals surface area contributed by atoms with Crippen molar-refractivity contribution in [1.29, 1.82) is 0 Å². The third kappa shape index (κ3) is 4.14. The van der Waals surface area contributed by atoms with Crippen LogP contribution in [0.1, 0.15) is 34.0 Å². The van der Waals surface area contributed by atoms with Crippen LogP contribution in [-0.2, 0) is 11.2 Å². The Hall–Kier alpha value is -2.79. The Bertz CT molecular complexity index is 919. The van der Waals surface area contributed by atoms with Crippen LogP contribution in [0.15, 0.2) is 60.0 Å². The Kier molecular flexibility index (Phi) is 5.12. The van der Waals surface area contributed by atoms with Gasteiger partial charge in [0.1, 0.15) is 0 Å². The van der Waals surface area contributed by atoms with Crippen LogP contribution < -0.4 is 14.8 Å². The van der Waals surface area contributed by atoms with E-state index in [9.17, 15) is 4.79 Å². The van der Waals surface area contributed by atoms with Crippen LogP contribution in [0.4, 0.5) is 0 Å². The summed E-state index contributed by atoms with van der Waals surface area (Å²) in [4.78, 5) is 13.8. The number of aryl methyl sites for hydroxylation is 2. The van der Waals surface area contributed by atoms with E-state index in [1.165, 1.54) is 5.56 Å². The SMILES string of the molecule is Cc1ccc(C(NC(=O)CCc2ccc3c(c2)OCO3)c2cccs2)cc1. The summed E-state index contributed by atoms with van der Waals surface area (Å²) in [5, 5.41) is 5.23. The van der Waals surface area contributed by atoms with Gasteiger partial charge in [-0.15, -0.1) is 11.3 Å². The summed E-state index contributed by atoms with van der Waals surface area (Å²) in [6.45, 7) is 2.33. The summed E-state index contributed by atoms with van der Waals surface area (Å²) in [5.74, 6) is 1.55. The summed E-state index contributed by atoms with van der Waals surface area (Å²) in [5.41, 5.74) is 3.37. The largest absolute Gasteiger partial charge is 0.454 e. The first kappa shape index (κ1) is 17.6. The van der Waals surface area contributed by atoms with Crippen LogP contribution >= 0.6 is 11.3 Å². The Labute approximate surface area is 162 Å². The minimum Gasteiger partial charge on any atom is -0.454 e.